The number of benzene rings is 1. The number of halogens is 1. The maximum absolute atomic E-state index is 6.04. The van der Waals surface area contributed by atoms with Crippen molar-refractivity contribution in [3.8, 4) is 5.75 Å². The monoisotopic (exact) mass is 300 g/mol. The smallest absolute Gasteiger partial charge is 0.189 e. The molecule has 0 spiro atoms. The summed E-state index contributed by atoms with van der Waals surface area (Å²) >= 11 is 6.04. The molecule has 0 atom stereocenters. The number of aromatic nitrogens is 6. The van der Waals surface area contributed by atoms with Crippen LogP contribution in [0.1, 0.15) is 5.82 Å². The Morgan fingerprint density at radius 1 is 1.29 bits per heavy atom. The van der Waals surface area contributed by atoms with Gasteiger partial charge in [-0.15, -0.1) is 5.10 Å². The van der Waals surface area contributed by atoms with Gasteiger partial charge in [-0.05, 0) is 12.1 Å². The maximum Gasteiger partial charge on any atom is 0.189 e. The molecular weight excluding hydrogens is 292 g/mol. The minimum atomic E-state index is 0.227. The molecule has 0 bridgehead atoms. The third-order valence-corrected chi connectivity index (χ3v) is 3.34. The first kappa shape index (κ1) is 12.1. The average Bonchev–Trinajstić information content (AvgIpc) is 3.11. The molecule has 8 heteroatoms. The van der Waals surface area contributed by atoms with Crippen LogP contribution in [0.2, 0.25) is 5.02 Å². The molecule has 4 rings (SSSR count). The first-order valence-corrected chi connectivity index (χ1v) is 6.60. The highest BCUT2D eigenvalue weighted by molar-refractivity contribution is 6.32. The number of hydrogen-bond donors (Lipinski definition) is 1. The molecule has 0 saturated carbocycles. The Balaban J connectivity index is 1.66. The van der Waals surface area contributed by atoms with Gasteiger partial charge in [0.2, 0.25) is 0 Å². The van der Waals surface area contributed by atoms with Gasteiger partial charge in [0, 0.05) is 0 Å². The van der Waals surface area contributed by atoms with Crippen LogP contribution < -0.4 is 4.74 Å². The van der Waals surface area contributed by atoms with E-state index in [4.69, 9.17) is 16.3 Å². The van der Waals surface area contributed by atoms with Gasteiger partial charge in [-0.1, -0.05) is 23.7 Å². The van der Waals surface area contributed by atoms with Crippen LogP contribution in [0.3, 0.4) is 0 Å². The largest absolute Gasteiger partial charge is 0.484 e. The van der Waals surface area contributed by atoms with Crippen molar-refractivity contribution >= 4 is 28.3 Å². The number of rotatable bonds is 3. The van der Waals surface area contributed by atoms with E-state index in [2.05, 4.69) is 25.3 Å². The zero-order valence-electron chi connectivity index (χ0n) is 10.7. The predicted octanol–water partition coefficient (Wildman–Crippen LogP) is 2.23. The van der Waals surface area contributed by atoms with E-state index < -0.39 is 0 Å². The molecule has 0 amide bonds. The molecule has 0 fully saturated rings. The molecule has 1 N–H and O–H groups in total. The Morgan fingerprint density at radius 2 is 2.19 bits per heavy atom. The van der Waals surface area contributed by atoms with Gasteiger partial charge in [-0.25, -0.2) is 14.5 Å². The SMILES string of the molecule is Clc1ccccc1OCc1nc2c3cn[nH]c3ncn2n1. The van der Waals surface area contributed by atoms with E-state index in [1.807, 2.05) is 12.1 Å². The normalized spacial score (nSPS) is 11.3. The van der Waals surface area contributed by atoms with Crippen LogP contribution in [0.25, 0.3) is 16.7 Å². The van der Waals surface area contributed by atoms with Crippen molar-refractivity contribution in [1.82, 2.24) is 29.8 Å². The summed E-state index contributed by atoms with van der Waals surface area (Å²) in [6, 6.07) is 7.28. The van der Waals surface area contributed by atoms with Crippen LogP contribution in [-0.4, -0.2) is 29.8 Å². The Kier molecular flexibility index (Phi) is 2.71. The summed E-state index contributed by atoms with van der Waals surface area (Å²) in [7, 11) is 0. The van der Waals surface area contributed by atoms with Gasteiger partial charge in [0.25, 0.3) is 0 Å². The van der Waals surface area contributed by atoms with Gasteiger partial charge in [0.1, 0.15) is 18.7 Å². The van der Waals surface area contributed by atoms with E-state index in [1.165, 1.54) is 0 Å². The fraction of sp³-hybridized carbons (Fsp3) is 0.0769. The molecule has 104 valence electrons. The number of fused-ring (bicyclic) bond motifs is 3. The molecule has 0 aliphatic carbocycles. The first-order valence-electron chi connectivity index (χ1n) is 6.22. The van der Waals surface area contributed by atoms with Gasteiger partial charge in [0.05, 0.1) is 16.6 Å². The first-order chi connectivity index (χ1) is 10.3. The molecule has 21 heavy (non-hydrogen) atoms. The lowest BCUT2D eigenvalue weighted by atomic mass is 10.3. The number of nitrogens with one attached hydrogen (secondary N) is 1. The van der Waals surface area contributed by atoms with Gasteiger partial charge < -0.3 is 4.74 Å². The van der Waals surface area contributed by atoms with E-state index in [9.17, 15) is 0 Å². The summed E-state index contributed by atoms with van der Waals surface area (Å²) in [4.78, 5) is 8.64. The van der Waals surface area contributed by atoms with Crippen molar-refractivity contribution in [1.29, 1.82) is 0 Å². The van der Waals surface area contributed by atoms with E-state index in [0.717, 1.165) is 5.39 Å². The highest BCUT2D eigenvalue weighted by Gasteiger charge is 2.10. The summed E-state index contributed by atoms with van der Waals surface area (Å²) in [6.07, 6.45) is 3.26. The number of para-hydroxylation sites is 1. The summed E-state index contributed by atoms with van der Waals surface area (Å²) < 4.78 is 7.23. The van der Waals surface area contributed by atoms with Crippen LogP contribution in [0.4, 0.5) is 0 Å². The number of nitrogens with zero attached hydrogens (tertiary/aromatic N) is 5. The van der Waals surface area contributed by atoms with Crippen molar-refractivity contribution in [3.63, 3.8) is 0 Å². The third kappa shape index (κ3) is 2.07. The Labute approximate surface area is 123 Å². The van der Waals surface area contributed by atoms with Crippen molar-refractivity contribution in [2.75, 3.05) is 0 Å². The molecular formula is C13H9ClN6O. The van der Waals surface area contributed by atoms with E-state index in [-0.39, 0.29) is 6.61 Å². The average molecular weight is 301 g/mol. The standard InChI is InChI=1S/C13H9ClN6O/c14-9-3-1-2-4-10(9)21-6-11-17-13-8-5-16-18-12(8)15-7-20(13)19-11/h1-5,7H,6H2,(H,16,18). The highest BCUT2D eigenvalue weighted by Crippen LogP contribution is 2.24. The van der Waals surface area contributed by atoms with E-state index >= 15 is 0 Å². The number of hydrogen-bond acceptors (Lipinski definition) is 5. The molecule has 4 aromatic rings. The predicted molar refractivity (Wildman–Crippen MR) is 76.2 cm³/mol. The second-order valence-electron chi connectivity index (χ2n) is 4.39. The molecule has 0 radical (unpaired) electrons. The van der Waals surface area contributed by atoms with Crippen molar-refractivity contribution in [2.24, 2.45) is 0 Å². The molecule has 0 saturated heterocycles. The van der Waals surface area contributed by atoms with Gasteiger partial charge in [-0.2, -0.15) is 5.10 Å². The molecule has 0 unspecified atom stereocenters. The Morgan fingerprint density at radius 3 is 3.10 bits per heavy atom. The summed E-state index contributed by atoms with van der Waals surface area (Å²) in [6.45, 7) is 0.227. The zero-order chi connectivity index (χ0) is 14.2. The van der Waals surface area contributed by atoms with Crippen LogP contribution in [-0.2, 0) is 6.61 Å². The van der Waals surface area contributed by atoms with Crippen LogP contribution in [0.15, 0.2) is 36.8 Å². The second kappa shape index (κ2) is 4.71. The van der Waals surface area contributed by atoms with E-state index in [0.29, 0.717) is 27.9 Å². The lowest BCUT2D eigenvalue weighted by molar-refractivity contribution is 0.296. The summed E-state index contributed by atoms with van der Waals surface area (Å²) in [5.74, 6) is 1.15. The van der Waals surface area contributed by atoms with Gasteiger partial charge in [-0.3, -0.25) is 5.10 Å². The molecule has 0 aliphatic rings. The minimum absolute atomic E-state index is 0.227. The Bertz CT molecular complexity index is 931. The zero-order valence-corrected chi connectivity index (χ0v) is 11.4. The topological polar surface area (TPSA) is 81.0 Å². The lowest BCUT2D eigenvalue weighted by Gasteiger charge is -2.04. The number of ether oxygens (including phenoxy) is 1. The quantitative estimate of drug-likeness (QED) is 0.627. The number of H-pyrrole nitrogens is 1. The minimum Gasteiger partial charge on any atom is -0.484 e. The van der Waals surface area contributed by atoms with Crippen molar-refractivity contribution in [3.05, 3.63) is 47.6 Å². The second-order valence-corrected chi connectivity index (χ2v) is 4.80. The molecule has 1 aromatic carbocycles. The molecule has 3 aromatic heterocycles. The fourth-order valence-corrected chi connectivity index (χ4v) is 2.24. The lowest BCUT2D eigenvalue weighted by Crippen LogP contribution is -1.98. The van der Waals surface area contributed by atoms with Gasteiger partial charge in [0.15, 0.2) is 17.1 Å². The summed E-state index contributed by atoms with van der Waals surface area (Å²) in [5.41, 5.74) is 1.36. The highest BCUT2D eigenvalue weighted by atomic mass is 35.5. The van der Waals surface area contributed by atoms with Crippen molar-refractivity contribution in [2.45, 2.75) is 6.61 Å². The molecule has 3 heterocycles. The third-order valence-electron chi connectivity index (χ3n) is 3.02. The van der Waals surface area contributed by atoms with E-state index in [1.54, 1.807) is 29.2 Å². The van der Waals surface area contributed by atoms with Crippen LogP contribution in [0, 0.1) is 0 Å². The van der Waals surface area contributed by atoms with Crippen LogP contribution in [0.5, 0.6) is 5.75 Å². The van der Waals surface area contributed by atoms with Gasteiger partial charge >= 0.3 is 0 Å². The molecule has 7 nitrogen and oxygen atoms in total. The molecule has 0 aliphatic heterocycles. The summed E-state index contributed by atoms with van der Waals surface area (Å²) in [5, 5.41) is 12.4. The van der Waals surface area contributed by atoms with Crippen molar-refractivity contribution < 1.29 is 4.74 Å². The Hall–Kier alpha value is -2.67. The maximum atomic E-state index is 6.04. The number of aromatic amines is 1. The fourth-order valence-electron chi connectivity index (χ4n) is 2.05. The van der Waals surface area contributed by atoms with Crippen LogP contribution >= 0.6 is 11.6 Å².